The Hall–Kier alpha value is -0.560. The maximum Gasteiger partial charge on any atom is 0.0543 e. The minimum Gasteiger partial charge on any atom is -0.393 e. The zero-order valence-electron chi connectivity index (χ0n) is 20.0. The predicted octanol–water partition coefficient (Wildman–Crippen LogP) is 7.41. The first-order valence-electron chi connectivity index (χ1n) is 12.7. The Kier molecular flexibility index (Phi) is 5.86. The molecule has 1 heteroatoms. The van der Waals surface area contributed by atoms with E-state index in [0.29, 0.717) is 28.6 Å². The van der Waals surface area contributed by atoms with Crippen molar-refractivity contribution in [2.45, 2.75) is 99.0 Å². The summed E-state index contributed by atoms with van der Waals surface area (Å²) in [4.78, 5) is 0. The zero-order valence-corrected chi connectivity index (χ0v) is 20.0. The Morgan fingerprint density at radius 1 is 0.931 bits per heavy atom. The minimum atomic E-state index is -0.0476. The monoisotopic (exact) mass is 398 g/mol. The lowest BCUT2D eigenvalue weighted by Gasteiger charge is -2.57. The number of aliphatic hydroxyl groups excluding tert-OH is 1. The molecule has 0 amide bonds. The Bertz CT molecular complexity index is 659. The summed E-state index contributed by atoms with van der Waals surface area (Å²) in [6.07, 6.45) is 17.8. The highest BCUT2D eigenvalue weighted by atomic mass is 16.3. The molecule has 0 aromatic carbocycles. The highest BCUT2D eigenvalue weighted by Gasteiger charge is 2.57. The predicted molar refractivity (Wildman–Crippen MR) is 124 cm³/mol. The van der Waals surface area contributed by atoms with E-state index in [0.717, 1.165) is 36.5 Å². The first-order valence-corrected chi connectivity index (χ1v) is 12.7. The van der Waals surface area contributed by atoms with Crippen molar-refractivity contribution in [1.29, 1.82) is 0 Å². The fourth-order valence-corrected chi connectivity index (χ4v) is 8.10. The van der Waals surface area contributed by atoms with E-state index >= 15 is 0 Å². The van der Waals surface area contributed by atoms with Crippen LogP contribution in [0, 0.1) is 52.3 Å². The summed E-state index contributed by atoms with van der Waals surface area (Å²) < 4.78 is 0. The second-order valence-corrected chi connectivity index (χ2v) is 12.3. The Labute approximate surface area is 180 Å². The molecule has 0 radical (unpaired) electrons. The van der Waals surface area contributed by atoms with Crippen molar-refractivity contribution in [3.05, 3.63) is 23.8 Å². The summed E-state index contributed by atoms with van der Waals surface area (Å²) in [5.41, 5.74) is 2.79. The summed E-state index contributed by atoms with van der Waals surface area (Å²) in [6.45, 7) is 14.7. The summed E-state index contributed by atoms with van der Waals surface area (Å²) in [7, 11) is 0. The van der Waals surface area contributed by atoms with Gasteiger partial charge >= 0.3 is 0 Å². The molecule has 0 aliphatic heterocycles. The van der Waals surface area contributed by atoms with Crippen LogP contribution >= 0.6 is 0 Å². The molecule has 164 valence electrons. The van der Waals surface area contributed by atoms with Gasteiger partial charge in [-0.2, -0.15) is 0 Å². The van der Waals surface area contributed by atoms with Crippen LogP contribution in [-0.2, 0) is 0 Å². The molecular formula is C28H46O. The maximum absolute atomic E-state index is 10.2. The van der Waals surface area contributed by atoms with Gasteiger partial charge in [-0.1, -0.05) is 65.3 Å². The fourth-order valence-electron chi connectivity index (χ4n) is 8.10. The number of hydrogen-bond acceptors (Lipinski definition) is 1. The second-order valence-electron chi connectivity index (χ2n) is 12.3. The fraction of sp³-hybridized carbons (Fsp3) is 0.857. The molecule has 0 aromatic rings. The number of hydrogen-bond donors (Lipinski definition) is 1. The molecule has 0 bridgehead atoms. The van der Waals surface area contributed by atoms with Crippen LogP contribution in [0.5, 0.6) is 0 Å². The number of aliphatic hydroxyl groups is 1. The van der Waals surface area contributed by atoms with Gasteiger partial charge in [-0.05, 0) is 104 Å². The molecule has 9 unspecified atom stereocenters. The van der Waals surface area contributed by atoms with Crippen LogP contribution in [0.2, 0.25) is 0 Å². The van der Waals surface area contributed by atoms with Crippen molar-refractivity contribution < 1.29 is 5.11 Å². The molecule has 4 aliphatic carbocycles. The van der Waals surface area contributed by atoms with E-state index in [-0.39, 0.29) is 6.10 Å². The third-order valence-corrected chi connectivity index (χ3v) is 10.5. The van der Waals surface area contributed by atoms with Gasteiger partial charge in [0, 0.05) is 0 Å². The van der Waals surface area contributed by atoms with Gasteiger partial charge in [0.25, 0.3) is 0 Å². The van der Waals surface area contributed by atoms with Gasteiger partial charge in [-0.3, -0.25) is 0 Å². The largest absolute Gasteiger partial charge is 0.393 e. The van der Waals surface area contributed by atoms with Gasteiger partial charge in [-0.15, -0.1) is 0 Å². The average Bonchev–Trinajstić information content (AvgIpc) is 3.03. The third-order valence-electron chi connectivity index (χ3n) is 10.5. The quantitative estimate of drug-likeness (QED) is 0.489. The van der Waals surface area contributed by atoms with Gasteiger partial charge < -0.3 is 5.11 Å². The van der Waals surface area contributed by atoms with Crippen molar-refractivity contribution in [2.75, 3.05) is 0 Å². The van der Waals surface area contributed by atoms with E-state index in [1.165, 1.54) is 38.5 Å². The second kappa shape index (κ2) is 7.85. The van der Waals surface area contributed by atoms with E-state index < -0.39 is 0 Å². The van der Waals surface area contributed by atoms with Gasteiger partial charge in [0.2, 0.25) is 0 Å². The number of fused-ring (bicyclic) bond motifs is 5. The van der Waals surface area contributed by atoms with Crippen LogP contribution in [-0.4, -0.2) is 11.2 Å². The topological polar surface area (TPSA) is 20.2 Å². The molecule has 1 nitrogen and oxygen atoms in total. The lowest BCUT2D eigenvalue weighted by atomic mass is 9.47. The molecule has 4 rings (SSSR count). The van der Waals surface area contributed by atoms with E-state index in [9.17, 15) is 5.11 Å². The molecule has 4 aliphatic rings. The van der Waals surface area contributed by atoms with E-state index in [1.807, 2.05) is 5.57 Å². The summed E-state index contributed by atoms with van der Waals surface area (Å²) >= 11 is 0. The molecule has 0 heterocycles. The average molecular weight is 399 g/mol. The Balaban J connectivity index is 1.54. The molecule has 0 saturated heterocycles. The molecule has 29 heavy (non-hydrogen) atoms. The van der Waals surface area contributed by atoms with Crippen LogP contribution in [0.4, 0.5) is 0 Å². The van der Waals surface area contributed by atoms with Crippen molar-refractivity contribution in [2.24, 2.45) is 52.3 Å². The first-order chi connectivity index (χ1) is 13.7. The van der Waals surface area contributed by atoms with Gasteiger partial charge in [0.15, 0.2) is 0 Å². The number of allylic oxidation sites excluding steroid dienone is 4. The van der Waals surface area contributed by atoms with E-state index in [2.05, 4.69) is 59.8 Å². The molecule has 9 atom stereocenters. The zero-order chi connectivity index (χ0) is 21.0. The van der Waals surface area contributed by atoms with Crippen molar-refractivity contribution in [3.63, 3.8) is 0 Å². The standard InChI is InChI=1S/C28H46O/c1-18(2)19(3)7-8-20(4)24-11-12-25-23-10-9-21-17-22(29)13-15-27(21,5)26(23)14-16-28(24,25)6/h7-8,10,18-22,24-26,29H,9,11-17H2,1-6H3/b8-7-. The van der Waals surface area contributed by atoms with Gasteiger partial charge in [0.1, 0.15) is 0 Å². The van der Waals surface area contributed by atoms with Crippen LogP contribution < -0.4 is 0 Å². The molecule has 3 fully saturated rings. The SMILES string of the molecule is CC(C)C(C)/C=C\C(C)C1CCC2C3=CCC4CC(O)CCC4(C)C3CCC21C. The Morgan fingerprint density at radius 2 is 1.62 bits per heavy atom. The summed E-state index contributed by atoms with van der Waals surface area (Å²) in [6, 6.07) is 0. The Morgan fingerprint density at radius 3 is 2.34 bits per heavy atom. The molecule has 3 saturated carbocycles. The highest BCUT2D eigenvalue weighted by Crippen LogP contribution is 2.66. The van der Waals surface area contributed by atoms with Crippen LogP contribution in [0.3, 0.4) is 0 Å². The third kappa shape index (κ3) is 3.58. The summed E-state index contributed by atoms with van der Waals surface area (Å²) in [5, 5.41) is 10.2. The maximum atomic E-state index is 10.2. The minimum absolute atomic E-state index is 0.0476. The van der Waals surface area contributed by atoms with Gasteiger partial charge in [0.05, 0.1) is 6.10 Å². The van der Waals surface area contributed by atoms with Crippen molar-refractivity contribution in [3.8, 4) is 0 Å². The first kappa shape index (κ1) is 21.7. The van der Waals surface area contributed by atoms with E-state index in [4.69, 9.17) is 0 Å². The molecule has 0 aromatic heterocycles. The normalized spacial score (nSPS) is 46.8. The molecule has 0 spiro atoms. The van der Waals surface area contributed by atoms with E-state index in [1.54, 1.807) is 0 Å². The van der Waals surface area contributed by atoms with Crippen LogP contribution in [0.15, 0.2) is 23.8 Å². The smallest absolute Gasteiger partial charge is 0.0543 e. The van der Waals surface area contributed by atoms with Gasteiger partial charge in [-0.25, -0.2) is 0 Å². The summed E-state index contributed by atoms with van der Waals surface area (Å²) in [5.74, 6) is 5.25. The number of rotatable bonds is 4. The van der Waals surface area contributed by atoms with Crippen LogP contribution in [0.25, 0.3) is 0 Å². The van der Waals surface area contributed by atoms with Crippen molar-refractivity contribution in [1.82, 2.24) is 0 Å². The molecular weight excluding hydrogens is 352 g/mol. The van der Waals surface area contributed by atoms with Crippen LogP contribution in [0.1, 0.15) is 92.9 Å². The lowest BCUT2D eigenvalue weighted by Crippen LogP contribution is -2.49. The van der Waals surface area contributed by atoms with Crippen molar-refractivity contribution >= 4 is 0 Å². The highest BCUT2D eigenvalue weighted by molar-refractivity contribution is 5.28. The molecule has 1 N–H and O–H groups in total. The lowest BCUT2D eigenvalue weighted by molar-refractivity contribution is -0.0414.